The Labute approximate surface area is 113 Å². The minimum atomic E-state index is -0.230. The fourth-order valence-electron chi connectivity index (χ4n) is 3.10. The molecule has 0 radical (unpaired) electrons. The summed E-state index contributed by atoms with van der Waals surface area (Å²) in [4.78, 5) is 2.45. The summed E-state index contributed by atoms with van der Waals surface area (Å²) in [6, 6.07) is 6.55. The molecule has 4 nitrogen and oxygen atoms in total. The van der Waals surface area contributed by atoms with E-state index in [2.05, 4.69) is 11.0 Å². The molecule has 2 atom stereocenters. The lowest BCUT2D eigenvalue weighted by Crippen LogP contribution is -2.31. The highest BCUT2D eigenvalue weighted by Gasteiger charge is 2.27. The van der Waals surface area contributed by atoms with Crippen LogP contribution in [0.4, 0.5) is 0 Å². The molecule has 2 aliphatic rings. The molecule has 3 rings (SSSR count). The summed E-state index contributed by atoms with van der Waals surface area (Å²) >= 11 is 0. The van der Waals surface area contributed by atoms with Crippen molar-refractivity contribution in [2.75, 3.05) is 13.3 Å². The van der Waals surface area contributed by atoms with Gasteiger partial charge in [-0.1, -0.05) is 12.1 Å². The van der Waals surface area contributed by atoms with E-state index in [4.69, 9.17) is 9.47 Å². The van der Waals surface area contributed by atoms with Gasteiger partial charge in [-0.05, 0) is 38.8 Å². The molecule has 19 heavy (non-hydrogen) atoms. The predicted octanol–water partition coefficient (Wildman–Crippen LogP) is 2.15. The number of ether oxygens (including phenoxy) is 2. The van der Waals surface area contributed by atoms with Gasteiger partial charge in [-0.15, -0.1) is 0 Å². The summed E-state index contributed by atoms with van der Waals surface area (Å²) in [5.41, 5.74) is 1.19. The van der Waals surface area contributed by atoms with Crippen LogP contribution in [0, 0.1) is 0 Å². The minimum Gasteiger partial charge on any atom is -0.454 e. The average Bonchev–Trinajstić information content (AvgIpc) is 2.99. The van der Waals surface area contributed by atoms with Crippen molar-refractivity contribution >= 4 is 0 Å². The van der Waals surface area contributed by atoms with Crippen LogP contribution in [0.1, 0.15) is 31.7 Å². The number of aliphatic hydroxyl groups excluding tert-OH is 1. The van der Waals surface area contributed by atoms with E-state index < -0.39 is 0 Å². The highest BCUT2D eigenvalue weighted by Crippen LogP contribution is 2.37. The molecule has 2 unspecified atom stereocenters. The highest BCUT2D eigenvalue weighted by molar-refractivity contribution is 5.48. The van der Waals surface area contributed by atoms with Crippen molar-refractivity contribution in [1.82, 2.24) is 4.90 Å². The van der Waals surface area contributed by atoms with Crippen LogP contribution >= 0.6 is 0 Å². The zero-order chi connectivity index (χ0) is 13.2. The van der Waals surface area contributed by atoms with Gasteiger partial charge in [0.15, 0.2) is 11.5 Å². The van der Waals surface area contributed by atoms with Crippen molar-refractivity contribution in [2.45, 2.75) is 44.9 Å². The second-order valence-corrected chi connectivity index (χ2v) is 5.50. The Bertz CT molecular complexity index is 447. The molecule has 1 saturated heterocycles. The third kappa shape index (κ3) is 2.69. The number of nitrogens with zero attached hydrogens (tertiary/aromatic N) is 1. The molecule has 0 aromatic heterocycles. The van der Waals surface area contributed by atoms with Crippen LogP contribution in [0.25, 0.3) is 0 Å². The maximum atomic E-state index is 9.58. The van der Waals surface area contributed by atoms with Gasteiger partial charge >= 0.3 is 0 Å². The van der Waals surface area contributed by atoms with E-state index in [0.717, 1.165) is 31.0 Å². The van der Waals surface area contributed by atoms with Gasteiger partial charge in [0.25, 0.3) is 0 Å². The first kappa shape index (κ1) is 12.8. The first-order chi connectivity index (χ1) is 9.24. The summed E-state index contributed by atoms with van der Waals surface area (Å²) in [6.07, 6.45) is 3.01. The maximum Gasteiger partial charge on any atom is 0.231 e. The Balaban J connectivity index is 1.72. The van der Waals surface area contributed by atoms with Crippen molar-refractivity contribution in [3.8, 4) is 11.5 Å². The number of rotatable bonds is 4. The molecule has 104 valence electrons. The Morgan fingerprint density at radius 2 is 2.32 bits per heavy atom. The molecule has 4 heteroatoms. The van der Waals surface area contributed by atoms with Gasteiger partial charge in [0, 0.05) is 18.2 Å². The molecular formula is C15H21NO3. The zero-order valence-electron chi connectivity index (χ0n) is 11.3. The summed E-state index contributed by atoms with van der Waals surface area (Å²) in [6.45, 7) is 4.17. The van der Waals surface area contributed by atoms with E-state index in [-0.39, 0.29) is 6.10 Å². The number of likely N-dealkylation sites (tertiary alicyclic amines) is 1. The van der Waals surface area contributed by atoms with Crippen LogP contribution in [0.2, 0.25) is 0 Å². The van der Waals surface area contributed by atoms with Crippen LogP contribution < -0.4 is 9.47 Å². The fraction of sp³-hybridized carbons (Fsp3) is 0.600. The number of aliphatic hydroxyl groups is 1. The molecule has 1 aromatic carbocycles. The Hall–Kier alpha value is -1.26. The lowest BCUT2D eigenvalue weighted by molar-refractivity contribution is 0.129. The third-order valence-electron chi connectivity index (χ3n) is 3.96. The Morgan fingerprint density at radius 3 is 3.16 bits per heavy atom. The van der Waals surface area contributed by atoms with Gasteiger partial charge in [-0.2, -0.15) is 0 Å². The van der Waals surface area contributed by atoms with E-state index in [0.29, 0.717) is 12.8 Å². The van der Waals surface area contributed by atoms with Crippen molar-refractivity contribution in [1.29, 1.82) is 0 Å². The number of para-hydroxylation sites is 1. The lowest BCUT2D eigenvalue weighted by atomic mass is 10.1. The number of benzene rings is 1. The second-order valence-electron chi connectivity index (χ2n) is 5.50. The summed E-state index contributed by atoms with van der Waals surface area (Å²) < 4.78 is 11.0. The van der Waals surface area contributed by atoms with E-state index in [9.17, 15) is 5.11 Å². The Morgan fingerprint density at radius 1 is 1.42 bits per heavy atom. The molecule has 0 amide bonds. The predicted molar refractivity (Wildman–Crippen MR) is 72.3 cm³/mol. The first-order valence-electron chi connectivity index (χ1n) is 7.03. The number of fused-ring (bicyclic) bond motifs is 1. The topological polar surface area (TPSA) is 41.9 Å². The molecular weight excluding hydrogens is 242 g/mol. The van der Waals surface area contributed by atoms with Crippen LogP contribution in [0.5, 0.6) is 11.5 Å². The van der Waals surface area contributed by atoms with Crippen LogP contribution in [-0.2, 0) is 6.54 Å². The first-order valence-corrected chi connectivity index (χ1v) is 7.03. The molecule has 0 aliphatic carbocycles. The van der Waals surface area contributed by atoms with Crippen LogP contribution in [-0.4, -0.2) is 35.5 Å². The Kier molecular flexibility index (Phi) is 3.62. The third-order valence-corrected chi connectivity index (χ3v) is 3.96. The quantitative estimate of drug-likeness (QED) is 0.904. The monoisotopic (exact) mass is 263 g/mol. The van der Waals surface area contributed by atoms with Crippen molar-refractivity contribution < 1.29 is 14.6 Å². The van der Waals surface area contributed by atoms with Gasteiger partial charge in [-0.25, -0.2) is 0 Å². The van der Waals surface area contributed by atoms with Crippen LogP contribution in [0.3, 0.4) is 0 Å². The molecule has 0 spiro atoms. The van der Waals surface area contributed by atoms with Crippen LogP contribution in [0.15, 0.2) is 18.2 Å². The van der Waals surface area contributed by atoms with Gasteiger partial charge in [0.05, 0.1) is 6.10 Å². The normalized spacial score (nSPS) is 23.8. The second kappa shape index (κ2) is 5.39. The summed E-state index contributed by atoms with van der Waals surface area (Å²) in [7, 11) is 0. The number of hydrogen-bond donors (Lipinski definition) is 1. The summed E-state index contributed by atoms with van der Waals surface area (Å²) in [5, 5.41) is 9.58. The van der Waals surface area contributed by atoms with Crippen molar-refractivity contribution in [3.63, 3.8) is 0 Å². The van der Waals surface area contributed by atoms with Crippen molar-refractivity contribution in [2.24, 2.45) is 0 Å². The maximum absolute atomic E-state index is 9.58. The molecule has 0 bridgehead atoms. The van der Waals surface area contributed by atoms with Crippen molar-refractivity contribution in [3.05, 3.63) is 23.8 Å². The van der Waals surface area contributed by atoms with Gasteiger partial charge in [0.1, 0.15) is 0 Å². The van der Waals surface area contributed by atoms with Gasteiger partial charge in [-0.3, -0.25) is 4.90 Å². The highest BCUT2D eigenvalue weighted by atomic mass is 16.7. The zero-order valence-corrected chi connectivity index (χ0v) is 11.3. The van der Waals surface area contributed by atoms with E-state index in [1.54, 1.807) is 0 Å². The molecule has 2 aliphatic heterocycles. The minimum absolute atomic E-state index is 0.230. The van der Waals surface area contributed by atoms with E-state index in [1.807, 2.05) is 19.1 Å². The molecule has 1 aromatic rings. The smallest absolute Gasteiger partial charge is 0.231 e. The van der Waals surface area contributed by atoms with E-state index in [1.165, 1.54) is 18.4 Å². The molecule has 1 N–H and O–H groups in total. The molecule has 1 fully saturated rings. The molecule has 0 saturated carbocycles. The number of hydrogen-bond acceptors (Lipinski definition) is 4. The lowest BCUT2D eigenvalue weighted by Gasteiger charge is -2.25. The SMILES string of the molecule is CC(O)CC1CCCN1Cc1cccc2c1OCO2. The average molecular weight is 263 g/mol. The van der Waals surface area contributed by atoms with Gasteiger partial charge in [0.2, 0.25) is 6.79 Å². The van der Waals surface area contributed by atoms with E-state index >= 15 is 0 Å². The molecule has 2 heterocycles. The van der Waals surface area contributed by atoms with Gasteiger partial charge < -0.3 is 14.6 Å². The fourth-order valence-corrected chi connectivity index (χ4v) is 3.10. The largest absolute Gasteiger partial charge is 0.454 e. The standard InChI is InChI=1S/C15H21NO3/c1-11(17)8-13-5-3-7-16(13)9-12-4-2-6-14-15(12)19-10-18-14/h2,4,6,11,13,17H,3,5,7-10H2,1H3. The summed E-state index contributed by atoms with van der Waals surface area (Å²) in [5.74, 6) is 1.74.